The number of esters is 1. The summed E-state index contributed by atoms with van der Waals surface area (Å²) in [5.74, 6) is 0.239. The second-order valence-electron chi connectivity index (χ2n) is 7.99. The van der Waals surface area contributed by atoms with E-state index in [9.17, 15) is 14.4 Å². The number of benzene rings is 3. The number of anilines is 2. The zero-order chi connectivity index (χ0) is 25.7. The quantitative estimate of drug-likeness (QED) is 0.464. The summed E-state index contributed by atoms with van der Waals surface area (Å²) in [5.41, 5.74) is 2.51. The van der Waals surface area contributed by atoms with Gasteiger partial charge in [-0.25, -0.2) is 4.79 Å². The number of nitrogens with zero attached hydrogens (tertiary/aromatic N) is 1. The second-order valence-corrected chi connectivity index (χ2v) is 9.23. The molecule has 0 saturated carbocycles. The molecule has 0 radical (unpaired) electrons. The van der Waals surface area contributed by atoms with E-state index >= 15 is 0 Å². The molecule has 0 saturated heterocycles. The van der Waals surface area contributed by atoms with E-state index in [1.807, 2.05) is 42.5 Å². The fraction of sp³-hybridized carbons (Fsp3) is 0.222. The van der Waals surface area contributed by atoms with Crippen molar-refractivity contribution in [3.8, 4) is 11.5 Å². The van der Waals surface area contributed by atoms with Gasteiger partial charge in [0.25, 0.3) is 0 Å². The number of thioether (sulfide) groups is 1. The smallest absolute Gasteiger partial charge is 0.337 e. The molecule has 2 amide bonds. The van der Waals surface area contributed by atoms with Crippen LogP contribution in [0.25, 0.3) is 0 Å². The van der Waals surface area contributed by atoms with Crippen molar-refractivity contribution in [2.24, 2.45) is 0 Å². The third-order valence-corrected chi connectivity index (χ3v) is 7.08. The summed E-state index contributed by atoms with van der Waals surface area (Å²) in [6.45, 7) is -0.145. The second kappa shape index (κ2) is 11.2. The van der Waals surface area contributed by atoms with Crippen LogP contribution in [0.4, 0.5) is 11.4 Å². The number of hydrogen-bond donors (Lipinski definition) is 1. The minimum Gasteiger partial charge on any atom is -0.493 e. The monoisotopic (exact) mass is 506 g/mol. The van der Waals surface area contributed by atoms with Crippen LogP contribution < -0.4 is 19.7 Å². The van der Waals surface area contributed by atoms with Crippen LogP contribution in [0.15, 0.2) is 71.6 Å². The van der Waals surface area contributed by atoms with Gasteiger partial charge in [0.2, 0.25) is 11.8 Å². The summed E-state index contributed by atoms with van der Waals surface area (Å²) in [5, 5.41) is 2.62. The van der Waals surface area contributed by atoms with Crippen LogP contribution >= 0.6 is 11.8 Å². The standard InChI is InChI=1S/C27H26N2O6S/c1-33-21-13-10-18(14-22(21)34-2)24-15-26(31)29(20-6-4-5-7-23(20)36-24)16-25(30)28-19-11-8-17(9-12-19)27(32)35-3/h4-14,24H,15-16H2,1-3H3,(H,28,30)/t24-/m1/s1. The van der Waals surface area contributed by atoms with Gasteiger partial charge in [0.1, 0.15) is 6.54 Å². The van der Waals surface area contributed by atoms with Gasteiger partial charge in [-0.1, -0.05) is 18.2 Å². The normalized spacial score (nSPS) is 14.9. The Bertz CT molecular complexity index is 1280. The van der Waals surface area contributed by atoms with Crippen LogP contribution in [0.2, 0.25) is 0 Å². The van der Waals surface area contributed by atoms with Crippen LogP contribution in [-0.2, 0) is 14.3 Å². The van der Waals surface area contributed by atoms with Gasteiger partial charge in [-0.2, -0.15) is 0 Å². The predicted octanol–water partition coefficient (Wildman–Crippen LogP) is 4.70. The minimum absolute atomic E-state index is 0.145. The maximum Gasteiger partial charge on any atom is 0.337 e. The summed E-state index contributed by atoms with van der Waals surface area (Å²) in [7, 11) is 4.46. The number of amides is 2. The lowest BCUT2D eigenvalue weighted by atomic mass is 10.1. The summed E-state index contributed by atoms with van der Waals surface area (Å²) < 4.78 is 15.5. The Morgan fingerprint density at radius 1 is 0.972 bits per heavy atom. The molecule has 0 fully saturated rings. The van der Waals surface area contributed by atoms with Gasteiger partial charge < -0.3 is 24.4 Å². The number of fused-ring (bicyclic) bond motifs is 1. The average Bonchev–Trinajstić information content (AvgIpc) is 3.04. The molecule has 1 atom stereocenters. The molecule has 3 aromatic carbocycles. The van der Waals surface area contributed by atoms with Crippen LogP contribution in [0.3, 0.4) is 0 Å². The van der Waals surface area contributed by atoms with E-state index in [4.69, 9.17) is 14.2 Å². The summed E-state index contributed by atoms with van der Waals surface area (Å²) in [6, 6.07) is 19.5. The Kier molecular flexibility index (Phi) is 7.80. The molecule has 0 bridgehead atoms. The summed E-state index contributed by atoms with van der Waals surface area (Å²) >= 11 is 1.57. The molecule has 186 valence electrons. The van der Waals surface area contributed by atoms with Crippen molar-refractivity contribution in [3.63, 3.8) is 0 Å². The first-order valence-electron chi connectivity index (χ1n) is 11.2. The Morgan fingerprint density at radius 2 is 1.69 bits per heavy atom. The van der Waals surface area contributed by atoms with Gasteiger partial charge in [-0.3, -0.25) is 9.59 Å². The topological polar surface area (TPSA) is 94.2 Å². The molecule has 36 heavy (non-hydrogen) atoms. The van der Waals surface area contributed by atoms with Gasteiger partial charge >= 0.3 is 5.97 Å². The number of carbonyl (C=O) groups is 3. The van der Waals surface area contributed by atoms with Crippen molar-refractivity contribution in [1.29, 1.82) is 0 Å². The van der Waals surface area contributed by atoms with Crippen molar-refractivity contribution < 1.29 is 28.6 Å². The number of ether oxygens (including phenoxy) is 3. The minimum atomic E-state index is -0.457. The van der Waals surface area contributed by atoms with Crippen molar-refractivity contribution in [3.05, 3.63) is 77.9 Å². The van der Waals surface area contributed by atoms with Crippen LogP contribution in [0, 0.1) is 0 Å². The first-order chi connectivity index (χ1) is 17.4. The summed E-state index contributed by atoms with van der Waals surface area (Å²) in [6.07, 6.45) is 0.204. The number of nitrogens with one attached hydrogen (secondary N) is 1. The number of hydrogen-bond acceptors (Lipinski definition) is 7. The number of para-hydroxylation sites is 1. The van der Waals surface area contributed by atoms with Crippen LogP contribution in [0.5, 0.6) is 11.5 Å². The lowest BCUT2D eigenvalue weighted by Gasteiger charge is -2.22. The van der Waals surface area contributed by atoms with Crippen molar-refractivity contribution in [1.82, 2.24) is 0 Å². The molecule has 1 aliphatic heterocycles. The first kappa shape index (κ1) is 25.1. The molecule has 8 nitrogen and oxygen atoms in total. The Hall–Kier alpha value is -3.98. The lowest BCUT2D eigenvalue weighted by molar-refractivity contribution is -0.121. The molecule has 0 unspecified atom stereocenters. The molecule has 0 spiro atoms. The highest BCUT2D eigenvalue weighted by Gasteiger charge is 2.31. The first-order valence-corrected chi connectivity index (χ1v) is 12.1. The SMILES string of the molecule is COC(=O)c1ccc(NC(=O)CN2C(=O)C[C@H](c3ccc(OC)c(OC)c3)Sc3ccccc32)cc1. The van der Waals surface area contributed by atoms with Gasteiger partial charge in [-0.05, 0) is 54.1 Å². The lowest BCUT2D eigenvalue weighted by Crippen LogP contribution is -2.38. The number of rotatable bonds is 7. The third kappa shape index (κ3) is 5.46. The molecule has 9 heteroatoms. The largest absolute Gasteiger partial charge is 0.493 e. The highest BCUT2D eigenvalue weighted by Crippen LogP contribution is 2.46. The molecule has 4 rings (SSSR count). The Morgan fingerprint density at radius 3 is 2.39 bits per heavy atom. The van der Waals surface area contributed by atoms with E-state index in [2.05, 4.69) is 5.32 Å². The number of methoxy groups -OCH3 is 3. The van der Waals surface area contributed by atoms with Gasteiger partial charge in [0.05, 0.1) is 32.6 Å². The molecule has 0 aromatic heterocycles. The van der Waals surface area contributed by atoms with Crippen molar-refractivity contribution in [2.45, 2.75) is 16.6 Å². The molecule has 1 heterocycles. The third-order valence-electron chi connectivity index (χ3n) is 5.76. The number of carbonyl (C=O) groups excluding carboxylic acids is 3. The summed E-state index contributed by atoms with van der Waals surface area (Å²) in [4.78, 5) is 40.3. The zero-order valence-electron chi connectivity index (χ0n) is 20.1. The Balaban J connectivity index is 1.54. The van der Waals surface area contributed by atoms with Crippen LogP contribution in [0.1, 0.15) is 27.6 Å². The fourth-order valence-electron chi connectivity index (χ4n) is 3.94. The molecule has 1 N–H and O–H groups in total. The molecule has 3 aromatic rings. The fourth-order valence-corrected chi connectivity index (χ4v) is 5.21. The molecule has 1 aliphatic rings. The maximum absolute atomic E-state index is 13.4. The molecular weight excluding hydrogens is 480 g/mol. The maximum atomic E-state index is 13.4. The van der Waals surface area contributed by atoms with Gasteiger partial charge in [0, 0.05) is 22.3 Å². The zero-order valence-corrected chi connectivity index (χ0v) is 21.0. The Labute approximate surface area is 213 Å². The van der Waals surface area contributed by atoms with Crippen LogP contribution in [-0.4, -0.2) is 45.7 Å². The highest BCUT2D eigenvalue weighted by molar-refractivity contribution is 7.99. The predicted molar refractivity (Wildman–Crippen MR) is 138 cm³/mol. The average molecular weight is 507 g/mol. The van der Waals surface area contributed by atoms with E-state index in [1.165, 1.54) is 12.0 Å². The van der Waals surface area contributed by atoms with Gasteiger partial charge in [0.15, 0.2) is 11.5 Å². The van der Waals surface area contributed by atoms with E-state index in [0.717, 1.165) is 10.5 Å². The highest BCUT2D eigenvalue weighted by atomic mass is 32.2. The molecule has 0 aliphatic carbocycles. The van der Waals surface area contributed by atoms with E-state index < -0.39 is 5.97 Å². The molecular formula is C27H26N2O6S. The van der Waals surface area contributed by atoms with Gasteiger partial charge in [-0.15, -0.1) is 11.8 Å². The van der Waals surface area contributed by atoms with Crippen molar-refractivity contribution >= 4 is 40.9 Å². The van der Waals surface area contributed by atoms with E-state index in [1.54, 1.807) is 50.2 Å². The van der Waals surface area contributed by atoms with Crippen molar-refractivity contribution in [2.75, 3.05) is 38.1 Å². The van der Waals surface area contributed by atoms with E-state index in [0.29, 0.717) is 28.4 Å². The van der Waals surface area contributed by atoms with E-state index in [-0.39, 0.29) is 30.0 Å².